The minimum absolute atomic E-state index is 0.206. The van der Waals surface area contributed by atoms with E-state index in [9.17, 15) is 9.59 Å². The van der Waals surface area contributed by atoms with E-state index in [1.807, 2.05) is 6.92 Å². The third kappa shape index (κ3) is 5.93. The summed E-state index contributed by atoms with van der Waals surface area (Å²) in [6.07, 6.45) is 9.19. The smallest absolute Gasteiger partial charge is 0.320 e. The third-order valence-corrected chi connectivity index (χ3v) is 4.30. The molecule has 2 unspecified atom stereocenters. The number of hydrogen-bond donors (Lipinski definition) is 1. The van der Waals surface area contributed by atoms with E-state index in [1.165, 1.54) is 32.1 Å². The lowest BCUT2D eigenvalue weighted by molar-refractivity contribution is -0.162. The van der Waals surface area contributed by atoms with Gasteiger partial charge >= 0.3 is 11.9 Å². The molecule has 0 saturated heterocycles. The van der Waals surface area contributed by atoms with E-state index in [0.29, 0.717) is 12.8 Å². The fraction of sp³-hybridized carbons (Fsp3) is 0.875. The summed E-state index contributed by atoms with van der Waals surface area (Å²) in [5.74, 6) is -1.89. The van der Waals surface area contributed by atoms with Gasteiger partial charge in [0, 0.05) is 0 Å². The lowest BCUT2D eigenvalue weighted by Crippen LogP contribution is -2.28. The van der Waals surface area contributed by atoms with E-state index in [1.54, 1.807) is 6.92 Å². The average molecular weight is 284 g/mol. The second-order valence-electron chi connectivity index (χ2n) is 5.98. The molecule has 0 amide bonds. The Balaban J connectivity index is 2.34. The highest BCUT2D eigenvalue weighted by molar-refractivity contribution is 5.93. The van der Waals surface area contributed by atoms with E-state index in [-0.39, 0.29) is 6.10 Å². The Morgan fingerprint density at radius 3 is 2.45 bits per heavy atom. The first kappa shape index (κ1) is 17.0. The van der Waals surface area contributed by atoms with Crippen molar-refractivity contribution in [2.75, 3.05) is 0 Å². The molecule has 1 aliphatic carbocycles. The second kappa shape index (κ2) is 8.98. The summed E-state index contributed by atoms with van der Waals surface area (Å²) < 4.78 is 5.15. The van der Waals surface area contributed by atoms with Gasteiger partial charge in [0.1, 0.15) is 0 Å². The van der Waals surface area contributed by atoms with Crippen molar-refractivity contribution >= 4 is 11.9 Å². The van der Waals surface area contributed by atoms with Gasteiger partial charge in [-0.05, 0) is 25.7 Å². The number of carboxylic acid groups (broad SMARTS) is 1. The number of carbonyl (C=O) groups is 2. The lowest BCUT2D eigenvalue weighted by Gasteiger charge is -2.22. The summed E-state index contributed by atoms with van der Waals surface area (Å²) in [7, 11) is 0. The predicted molar refractivity (Wildman–Crippen MR) is 77.4 cm³/mol. The minimum atomic E-state index is -1.05. The minimum Gasteiger partial charge on any atom is -0.481 e. The lowest BCUT2D eigenvalue weighted by atomic mass is 9.85. The molecule has 1 aliphatic rings. The standard InChI is InChI=1S/C16H28O4/c1-3-12(2)20-16(19)14(15(17)18)11-7-10-13-8-5-4-6-9-13/h12-14H,3-11H2,1-2H3,(H,17,18). The Hall–Kier alpha value is -1.06. The summed E-state index contributed by atoms with van der Waals surface area (Å²) in [5.41, 5.74) is 0. The molecule has 116 valence electrons. The maximum atomic E-state index is 11.8. The maximum absolute atomic E-state index is 11.8. The average Bonchev–Trinajstić information content (AvgIpc) is 2.43. The quantitative estimate of drug-likeness (QED) is 0.544. The van der Waals surface area contributed by atoms with Crippen molar-refractivity contribution in [1.29, 1.82) is 0 Å². The Bertz CT molecular complexity index is 308. The van der Waals surface area contributed by atoms with Gasteiger partial charge in [0.05, 0.1) is 6.10 Å². The molecule has 0 heterocycles. The van der Waals surface area contributed by atoms with Crippen molar-refractivity contribution in [2.45, 2.75) is 77.7 Å². The molecule has 0 aromatic heterocycles. The van der Waals surface area contributed by atoms with E-state index < -0.39 is 17.9 Å². The van der Waals surface area contributed by atoms with Crippen LogP contribution in [0.2, 0.25) is 0 Å². The molecule has 1 rings (SSSR count). The number of hydrogen-bond acceptors (Lipinski definition) is 3. The highest BCUT2D eigenvalue weighted by Gasteiger charge is 2.28. The van der Waals surface area contributed by atoms with Gasteiger partial charge < -0.3 is 9.84 Å². The summed E-state index contributed by atoms with van der Waals surface area (Å²) in [5, 5.41) is 9.17. The van der Waals surface area contributed by atoms with E-state index >= 15 is 0 Å². The first-order chi connectivity index (χ1) is 9.54. The van der Waals surface area contributed by atoms with Crippen molar-refractivity contribution < 1.29 is 19.4 Å². The molecular weight excluding hydrogens is 256 g/mol. The Morgan fingerprint density at radius 1 is 1.25 bits per heavy atom. The second-order valence-corrected chi connectivity index (χ2v) is 5.98. The van der Waals surface area contributed by atoms with Crippen LogP contribution < -0.4 is 0 Å². The Morgan fingerprint density at radius 2 is 1.90 bits per heavy atom. The van der Waals surface area contributed by atoms with Gasteiger partial charge in [-0.2, -0.15) is 0 Å². The van der Waals surface area contributed by atoms with Crippen molar-refractivity contribution in [3.8, 4) is 0 Å². The van der Waals surface area contributed by atoms with Crippen LogP contribution >= 0.6 is 0 Å². The normalized spacial score (nSPS) is 19.3. The highest BCUT2D eigenvalue weighted by Crippen LogP contribution is 2.28. The molecule has 4 heteroatoms. The molecule has 0 aliphatic heterocycles. The Labute approximate surface area is 121 Å². The Kier molecular flexibility index (Phi) is 7.63. The van der Waals surface area contributed by atoms with E-state index in [2.05, 4.69) is 0 Å². The number of carboxylic acids is 1. The van der Waals surface area contributed by atoms with Crippen LogP contribution in [0.1, 0.15) is 71.6 Å². The van der Waals surface area contributed by atoms with Crippen molar-refractivity contribution in [3.63, 3.8) is 0 Å². The molecule has 1 fully saturated rings. The first-order valence-corrected chi connectivity index (χ1v) is 7.97. The molecule has 1 N–H and O–H groups in total. The molecular formula is C16H28O4. The summed E-state index contributed by atoms with van der Waals surface area (Å²) in [6, 6.07) is 0. The predicted octanol–water partition coefficient (Wildman–Crippen LogP) is 3.78. The van der Waals surface area contributed by atoms with Crippen molar-refractivity contribution in [1.82, 2.24) is 0 Å². The monoisotopic (exact) mass is 284 g/mol. The zero-order valence-corrected chi connectivity index (χ0v) is 12.8. The van der Waals surface area contributed by atoms with Gasteiger partial charge in [-0.15, -0.1) is 0 Å². The molecule has 0 aromatic carbocycles. The van der Waals surface area contributed by atoms with Gasteiger partial charge in [0.15, 0.2) is 5.92 Å². The van der Waals surface area contributed by atoms with Gasteiger partial charge in [-0.25, -0.2) is 0 Å². The topological polar surface area (TPSA) is 63.6 Å². The first-order valence-electron chi connectivity index (χ1n) is 7.97. The molecule has 1 saturated carbocycles. The van der Waals surface area contributed by atoms with Crippen LogP contribution in [0.25, 0.3) is 0 Å². The van der Waals surface area contributed by atoms with Gasteiger partial charge in [0.2, 0.25) is 0 Å². The number of esters is 1. The van der Waals surface area contributed by atoms with Crippen molar-refractivity contribution in [2.24, 2.45) is 11.8 Å². The van der Waals surface area contributed by atoms with Gasteiger partial charge in [-0.3, -0.25) is 9.59 Å². The van der Waals surface area contributed by atoms with Crippen LogP contribution in [-0.2, 0) is 14.3 Å². The van der Waals surface area contributed by atoms with E-state index in [4.69, 9.17) is 9.84 Å². The van der Waals surface area contributed by atoms with Crippen molar-refractivity contribution in [3.05, 3.63) is 0 Å². The van der Waals surface area contributed by atoms with Crippen LogP contribution in [-0.4, -0.2) is 23.1 Å². The summed E-state index contributed by atoms with van der Waals surface area (Å²) in [6.45, 7) is 3.70. The number of ether oxygens (including phenoxy) is 1. The van der Waals surface area contributed by atoms with Crippen LogP contribution in [0, 0.1) is 11.8 Å². The SMILES string of the molecule is CCC(C)OC(=O)C(CCCC1CCCCC1)C(=O)O. The summed E-state index contributed by atoms with van der Waals surface area (Å²) in [4.78, 5) is 23.0. The molecule has 0 spiro atoms. The third-order valence-electron chi connectivity index (χ3n) is 4.30. The van der Waals surface area contributed by atoms with E-state index in [0.717, 1.165) is 18.8 Å². The zero-order valence-electron chi connectivity index (χ0n) is 12.8. The van der Waals surface area contributed by atoms with Gasteiger partial charge in [-0.1, -0.05) is 51.9 Å². The number of aliphatic carboxylic acids is 1. The molecule has 0 bridgehead atoms. The van der Waals surface area contributed by atoms with Gasteiger partial charge in [0.25, 0.3) is 0 Å². The molecule has 0 aromatic rings. The summed E-state index contributed by atoms with van der Waals surface area (Å²) >= 11 is 0. The van der Waals surface area contributed by atoms with Crippen LogP contribution in [0.15, 0.2) is 0 Å². The molecule has 0 radical (unpaired) electrons. The molecule has 20 heavy (non-hydrogen) atoms. The largest absolute Gasteiger partial charge is 0.481 e. The van der Waals surface area contributed by atoms with Crippen LogP contribution in [0.3, 0.4) is 0 Å². The van der Waals surface area contributed by atoms with Crippen LogP contribution in [0.4, 0.5) is 0 Å². The maximum Gasteiger partial charge on any atom is 0.320 e. The fourth-order valence-electron chi connectivity index (χ4n) is 2.79. The molecule has 4 nitrogen and oxygen atoms in total. The highest BCUT2D eigenvalue weighted by atomic mass is 16.5. The zero-order chi connectivity index (χ0) is 15.0. The fourth-order valence-corrected chi connectivity index (χ4v) is 2.79. The number of carbonyl (C=O) groups excluding carboxylic acids is 1. The molecule has 2 atom stereocenters. The number of rotatable bonds is 8. The van der Waals surface area contributed by atoms with Crippen LogP contribution in [0.5, 0.6) is 0 Å².